The largest absolute Gasteiger partial charge is 0.396 e. The summed E-state index contributed by atoms with van der Waals surface area (Å²) in [6, 6.07) is 24.7. The highest BCUT2D eigenvalue weighted by Gasteiger charge is 2.32. The zero-order valence-electron chi connectivity index (χ0n) is 19.3. The third kappa shape index (κ3) is 5.56. The van der Waals surface area contributed by atoms with E-state index in [2.05, 4.69) is 59.2 Å². The smallest absolute Gasteiger partial charge is 0.0991 e. The number of nitrogens with zero attached hydrogens (tertiary/aromatic N) is 3. The Hall–Kier alpha value is -2.55. The van der Waals surface area contributed by atoms with Gasteiger partial charge in [0, 0.05) is 37.3 Å². The molecule has 1 heterocycles. The van der Waals surface area contributed by atoms with Gasteiger partial charge in [-0.25, -0.2) is 0 Å². The summed E-state index contributed by atoms with van der Waals surface area (Å²) in [4.78, 5) is 4.88. The fourth-order valence-electron chi connectivity index (χ4n) is 4.68. The predicted molar refractivity (Wildman–Crippen MR) is 140 cm³/mol. The summed E-state index contributed by atoms with van der Waals surface area (Å²) in [6.45, 7) is 4.97. The molecule has 0 amide bonds. The molecular weight excluding hydrogens is 465 g/mol. The molecule has 6 heteroatoms. The van der Waals surface area contributed by atoms with Crippen molar-refractivity contribution >= 4 is 28.9 Å². The number of rotatable bonds is 7. The normalized spacial score (nSPS) is 17.4. The summed E-state index contributed by atoms with van der Waals surface area (Å²) in [5, 5.41) is 19.7. The van der Waals surface area contributed by atoms with Crippen LogP contribution in [0.15, 0.2) is 66.7 Å². The van der Waals surface area contributed by atoms with E-state index >= 15 is 0 Å². The highest BCUT2D eigenvalue weighted by atomic mass is 35.5. The van der Waals surface area contributed by atoms with Crippen molar-refractivity contribution in [1.82, 2.24) is 4.90 Å². The van der Waals surface area contributed by atoms with Gasteiger partial charge in [0.2, 0.25) is 0 Å². The van der Waals surface area contributed by atoms with Gasteiger partial charge in [0.25, 0.3) is 0 Å². The maximum absolute atomic E-state index is 9.14. The second-order valence-corrected chi connectivity index (χ2v) is 9.62. The molecule has 0 radical (unpaired) electrons. The molecule has 1 aliphatic rings. The van der Waals surface area contributed by atoms with Crippen LogP contribution >= 0.6 is 23.2 Å². The Kier molecular flexibility index (Phi) is 8.13. The number of hydrogen-bond donors (Lipinski definition) is 1. The van der Waals surface area contributed by atoms with Crippen molar-refractivity contribution in [2.75, 3.05) is 31.1 Å². The fraction of sp³-hybridized carbons (Fsp3) is 0.321. The van der Waals surface area contributed by atoms with Crippen LogP contribution in [0.2, 0.25) is 10.0 Å². The number of aryl methyl sites for hydroxylation is 1. The minimum absolute atomic E-state index is 0.118. The standard InChI is InChI=1S/C28H29Cl2N3O/c1-20(23-7-4-22(18-31)5-8-23)32-14-15-33(28(19-32)24-9-11-25(29)12-10-24)27-13-6-21(3-2-16-34)17-26(27)30/h4-13,17,20,28,34H,2-3,14-16,19H2,1H3/t20-,28+/m1/s1. The Morgan fingerprint density at radius 3 is 2.41 bits per heavy atom. The molecule has 0 unspecified atom stereocenters. The quantitative estimate of drug-likeness (QED) is 0.412. The number of hydrogen-bond acceptors (Lipinski definition) is 4. The van der Waals surface area contributed by atoms with Gasteiger partial charge in [-0.15, -0.1) is 0 Å². The van der Waals surface area contributed by atoms with E-state index in [4.69, 9.17) is 33.6 Å². The molecule has 3 aromatic rings. The maximum atomic E-state index is 9.14. The topological polar surface area (TPSA) is 50.5 Å². The van der Waals surface area contributed by atoms with E-state index in [1.807, 2.05) is 30.3 Å². The van der Waals surface area contributed by atoms with Crippen molar-refractivity contribution in [2.24, 2.45) is 0 Å². The molecule has 1 saturated heterocycles. The molecule has 0 aromatic heterocycles. The van der Waals surface area contributed by atoms with Gasteiger partial charge in [-0.2, -0.15) is 5.26 Å². The molecule has 4 rings (SSSR count). The van der Waals surface area contributed by atoms with Crippen LogP contribution in [0.3, 0.4) is 0 Å². The number of nitriles is 1. The first-order valence-electron chi connectivity index (χ1n) is 11.7. The minimum atomic E-state index is 0.118. The maximum Gasteiger partial charge on any atom is 0.0991 e. The van der Waals surface area contributed by atoms with Gasteiger partial charge in [0.05, 0.1) is 28.4 Å². The lowest BCUT2D eigenvalue weighted by atomic mass is 9.97. The molecule has 2 atom stereocenters. The molecule has 176 valence electrons. The van der Waals surface area contributed by atoms with E-state index in [1.165, 1.54) is 11.1 Å². The second-order valence-electron chi connectivity index (χ2n) is 8.78. The summed E-state index contributed by atoms with van der Waals surface area (Å²) < 4.78 is 0. The Morgan fingerprint density at radius 2 is 1.76 bits per heavy atom. The minimum Gasteiger partial charge on any atom is -0.396 e. The van der Waals surface area contributed by atoms with E-state index in [9.17, 15) is 0 Å². The molecule has 4 nitrogen and oxygen atoms in total. The Bertz CT molecular complexity index is 1140. The molecule has 1 fully saturated rings. The van der Waals surface area contributed by atoms with Crippen LogP contribution < -0.4 is 4.90 Å². The fourth-order valence-corrected chi connectivity index (χ4v) is 5.12. The third-order valence-electron chi connectivity index (χ3n) is 6.68. The van der Waals surface area contributed by atoms with Crippen LogP contribution in [0.25, 0.3) is 0 Å². The average molecular weight is 494 g/mol. The van der Waals surface area contributed by atoms with Gasteiger partial charge in [-0.05, 0) is 72.9 Å². The van der Waals surface area contributed by atoms with E-state index in [-0.39, 0.29) is 18.7 Å². The Morgan fingerprint density at radius 1 is 1.03 bits per heavy atom. The van der Waals surface area contributed by atoms with Crippen LogP contribution in [0, 0.1) is 11.3 Å². The number of piperazine rings is 1. The summed E-state index contributed by atoms with van der Waals surface area (Å²) in [5.41, 5.74) is 5.24. The Balaban J connectivity index is 1.61. The molecule has 0 aliphatic carbocycles. The first-order chi connectivity index (χ1) is 16.5. The van der Waals surface area contributed by atoms with Crippen molar-refractivity contribution in [2.45, 2.75) is 31.8 Å². The van der Waals surface area contributed by atoms with Crippen molar-refractivity contribution in [1.29, 1.82) is 5.26 Å². The molecule has 0 saturated carbocycles. The van der Waals surface area contributed by atoms with Crippen molar-refractivity contribution in [3.63, 3.8) is 0 Å². The lowest BCUT2D eigenvalue weighted by molar-refractivity contribution is 0.171. The van der Waals surface area contributed by atoms with Crippen LogP contribution in [0.1, 0.15) is 47.7 Å². The van der Waals surface area contributed by atoms with E-state index in [0.29, 0.717) is 5.56 Å². The monoisotopic (exact) mass is 493 g/mol. The van der Waals surface area contributed by atoms with Crippen molar-refractivity contribution in [3.05, 3.63) is 99.0 Å². The number of benzene rings is 3. The lowest BCUT2D eigenvalue weighted by Gasteiger charge is -2.45. The van der Waals surface area contributed by atoms with E-state index in [0.717, 1.165) is 53.8 Å². The van der Waals surface area contributed by atoms with Crippen LogP contribution in [0.4, 0.5) is 5.69 Å². The Labute approximate surface area is 212 Å². The summed E-state index contributed by atoms with van der Waals surface area (Å²) in [5.74, 6) is 0. The first-order valence-corrected chi connectivity index (χ1v) is 12.4. The van der Waals surface area contributed by atoms with Gasteiger partial charge >= 0.3 is 0 Å². The van der Waals surface area contributed by atoms with Crippen LogP contribution in [-0.4, -0.2) is 36.2 Å². The SMILES string of the molecule is C[C@H](c1ccc(C#N)cc1)N1CCN(c2ccc(CCCO)cc2Cl)[C@H](c2ccc(Cl)cc2)C1. The molecular formula is C28H29Cl2N3O. The number of aliphatic hydroxyl groups excluding tert-OH is 1. The summed E-state index contributed by atoms with van der Waals surface area (Å²) in [6.07, 6.45) is 1.54. The van der Waals surface area contributed by atoms with E-state index in [1.54, 1.807) is 0 Å². The molecule has 1 N–H and O–H groups in total. The molecule has 3 aromatic carbocycles. The molecule has 0 bridgehead atoms. The van der Waals surface area contributed by atoms with Gasteiger partial charge in [0.1, 0.15) is 0 Å². The zero-order valence-corrected chi connectivity index (χ0v) is 20.8. The van der Waals surface area contributed by atoms with Crippen molar-refractivity contribution in [3.8, 4) is 6.07 Å². The lowest BCUT2D eigenvalue weighted by Crippen LogP contribution is -2.49. The highest BCUT2D eigenvalue weighted by Crippen LogP contribution is 2.38. The first kappa shape index (κ1) is 24.6. The summed E-state index contributed by atoms with van der Waals surface area (Å²) >= 11 is 13.0. The van der Waals surface area contributed by atoms with Gasteiger partial charge in [-0.1, -0.05) is 53.5 Å². The molecule has 0 spiro atoms. The van der Waals surface area contributed by atoms with Gasteiger partial charge in [-0.3, -0.25) is 4.90 Å². The number of halogens is 2. The highest BCUT2D eigenvalue weighted by molar-refractivity contribution is 6.33. The predicted octanol–water partition coefficient (Wildman–Crippen LogP) is 6.41. The third-order valence-corrected chi connectivity index (χ3v) is 7.24. The van der Waals surface area contributed by atoms with Gasteiger partial charge in [0.15, 0.2) is 0 Å². The number of anilines is 1. The average Bonchev–Trinajstić information content (AvgIpc) is 2.87. The van der Waals surface area contributed by atoms with Crippen LogP contribution in [0.5, 0.6) is 0 Å². The summed E-state index contributed by atoms with van der Waals surface area (Å²) in [7, 11) is 0. The second kappa shape index (κ2) is 11.3. The van der Waals surface area contributed by atoms with E-state index < -0.39 is 0 Å². The van der Waals surface area contributed by atoms with Crippen molar-refractivity contribution < 1.29 is 5.11 Å². The van der Waals surface area contributed by atoms with Crippen LogP contribution in [-0.2, 0) is 6.42 Å². The zero-order chi connectivity index (χ0) is 24.1. The molecule has 34 heavy (non-hydrogen) atoms. The molecule has 1 aliphatic heterocycles. The van der Waals surface area contributed by atoms with Gasteiger partial charge < -0.3 is 10.0 Å². The number of aliphatic hydroxyl groups is 1.